The Hall–Kier alpha value is -0.470. The Balaban J connectivity index is 2.94. The zero-order valence-corrected chi connectivity index (χ0v) is 6.49. The topological polar surface area (TPSA) is 29.1 Å². The smallest absolute Gasteiger partial charge is 0.150 e. The minimum Gasteiger partial charge on any atom is -0.371 e. The number of aldehydes is 1. The van der Waals surface area contributed by atoms with Gasteiger partial charge in [-0.15, -0.1) is 0 Å². The third-order valence-electron chi connectivity index (χ3n) is 1.15. The van der Waals surface area contributed by atoms with Crippen molar-refractivity contribution in [2.24, 2.45) is 0 Å². The van der Waals surface area contributed by atoms with E-state index in [9.17, 15) is 4.79 Å². The van der Waals surface area contributed by atoms with Crippen LogP contribution in [0.4, 0.5) is 0 Å². The standard InChI is InChI=1S/C6H5Cl2NO/c7-5-1-2-9-6(8)4(5)3-10/h1-3,6,9H. The Morgan fingerprint density at radius 2 is 2.40 bits per heavy atom. The van der Waals surface area contributed by atoms with Crippen molar-refractivity contribution < 1.29 is 4.79 Å². The quantitative estimate of drug-likeness (QED) is 0.373. The molecule has 0 fully saturated rings. The van der Waals surface area contributed by atoms with Gasteiger partial charge in [0.25, 0.3) is 0 Å². The largest absolute Gasteiger partial charge is 0.371 e. The first-order valence-electron chi connectivity index (χ1n) is 2.67. The third-order valence-corrected chi connectivity index (χ3v) is 1.85. The SMILES string of the molecule is O=CC1=C(Cl)C=CNC1Cl. The summed E-state index contributed by atoms with van der Waals surface area (Å²) in [4.78, 5) is 10.3. The number of alkyl halides is 1. The second-order valence-corrected chi connectivity index (χ2v) is 2.63. The van der Waals surface area contributed by atoms with Crippen LogP contribution in [-0.2, 0) is 4.79 Å². The number of allylic oxidation sites excluding steroid dienone is 2. The van der Waals surface area contributed by atoms with Crippen molar-refractivity contribution in [3.8, 4) is 0 Å². The number of nitrogens with one attached hydrogen (secondary N) is 1. The summed E-state index contributed by atoms with van der Waals surface area (Å²) in [7, 11) is 0. The Bertz CT molecular complexity index is 210. The number of dihydropyridines is 1. The molecule has 1 heterocycles. The normalized spacial score (nSPS) is 24.4. The van der Waals surface area contributed by atoms with Crippen LogP contribution in [0.1, 0.15) is 0 Å². The molecule has 0 saturated heterocycles. The zero-order chi connectivity index (χ0) is 7.56. The summed E-state index contributed by atoms with van der Waals surface area (Å²) in [6, 6.07) is 0. The van der Waals surface area contributed by atoms with Crippen LogP contribution in [0.3, 0.4) is 0 Å². The minimum absolute atomic E-state index is 0.380. The van der Waals surface area contributed by atoms with Crippen molar-refractivity contribution in [3.05, 3.63) is 22.9 Å². The molecule has 2 nitrogen and oxygen atoms in total. The fraction of sp³-hybridized carbons (Fsp3) is 0.167. The summed E-state index contributed by atoms with van der Waals surface area (Å²) in [5, 5.41) is 3.12. The van der Waals surface area contributed by atoms with Gasteiger partial charge >= 0.3 is 0 Å². The fourth-order valence-electron chi connectivity index (χ4n) is 0.629. The predicted molar refractivity (Wildman–Crippen MR) is 40.9 cm³/mol. The molecule has 0 aromatic carbocycles. The van der Waals surface area contributed by atoms with Crippen LogP contribution >= 0.6 is 23.2 Å². The van der Waals surface area contributed by atoms with Crippen molar-refractivity contribution in [2.45, 2.75) is 5.50 Å². The van der Waals surface area contributed by atoms with E-state index in [1.807, 2.05) is 0 Å². The maximum absolute atomic E-state index is 10.3. The lowest BCUT2D eigenvalue weighted by molar-refractivity contribution is -0.105. The number of rotatable bonds is 1. The molecule has 1 N–H and O–H groups in total. The Labute approximate surface area is 68.5 Å². The van der Waals surface area contributed by atoms with E-state index in [-0.39, 0.29) is 0 Å². The van der Waals surface area contributed by atoms with E-state index in [0.29, 0.717) is 16.9 Å². The van der Waals surface area contributed by atoms with Crippen molar-refractivity contribution in [3.63, 3.8) is 0 Å². The van der Waals surface area contributed by atoms with Gasteiger partial charge in [-0.25, -0.2) is 0 Å². The number of carbonyl (C=O) groups is 1. The van der Waals surface area contributed by atoms with Gasteiger partial charge in [0, 0.05) is 5.57 Å². The molecular weight excluding hydrogens is 173 g/mol. The van der Waals surface area contributed by atoms with Gasteiger partial charge in [0.05, 0.1) is 5.03 Å². The summed E-state index contributed by atoms with van der Waals surface area (Å²) in [5.41, 5.74) is -0.110. The van der Waals surface area contributed by atoms with Crippen LogP contribution in [-0.4, -0.2) is 11.8 Å². The van der Waals surface area contributed by atoms with E-state index in [4.69, 9.17) is 23.2 Å². The molecule has 0 radical (unpaired) electrons. The maximum Gasteiger partial charge on any atom is 0.150 e. The van der Waals surface area contributed by atoms with Gasteiger partial charge in [0.1, 0.15) is 5.50 Å². The molecule has 0 bridgehead atoms. The first-order valence-corrected chi connectivity index (χ1v) is 3.48. The maximum atomic E-state index is 10.3. The summed E-state index contributed by atoms with van der Waals surface area (Å²) in [6.07, 6.45) is 3.84. The molecule has 0 aliphatic carbocycles. The Morgan fingerprint density at radius 3 is 2.80 bits per heavy atom. The molecule has 1 aliphatic rings. The molecule has 10 heavy (non-hydrogen) atoms. The summed E-state index contributed by atoms with van der Waals surface area (Å²) in [6.45, 7) is 0. The number of hydrogen-bond acceptors (Lipinski definition) is 2. The van der Waals surface area contributed by atoms with Crippen molar-refractivity contribution in [2.75, 3.05) is 0 Å². The third kappa shape index (κ3) is 1.33. The molecule has 0 aromatic heterocycles. The Kier molecular flexibility index (Phi) is 2.35. The van der Waals surface area contributed by atoms with Crippen molar-refractivity contribution >= 4 is 29.5 Å². The summed E-state index contributed by atoms with van der Waals surface area (Å²) >= 11 is 11.3. The highest BCUT2D eigenvalue weighted by Crippen LogP contribution is 2.18. The summed E-state index contributed by atoms with van der Waals surface area (Å²) in [5.74, 6) is 0. The van der Waals surface area contributed by atoms with E-state index in [1.165, 1.54) is 0 Å². The van der Waals surface area contributed by atoms with Crippen LogP contribution in [0.5, 0.6) is 0 Å². The van der Waals surface area contributed by atoms with Gasteiger partial charge in [-0.2, -0.15) is 0 Å². The van der Waals surface area contributed by atoms with Gasteiger partial charge < -0.3 is 5.32 Å². The lowest BCUT2D eigenvalue weighted by Crippen LogP contribution is -2.24. The van der Waals surface area contributed by atoms with Crippen LogP contribution in [0.15, 0.2) is 22.9 Å². The lowest BCUT2D eigenvalue weighted by atomic mass is 10.2. The zero-order valence-electron chi connectivity index (χ0n) is 4.97. The highest BCUT2D eigenvalue weighted by molar-refractivity contribution is 6.35. The molecular formula is C6H5Cl2NO. The molecule has 1 unspecified atom stereocenters. The van der Waals surface area contributed by atoms with Crippen molar-refractivity contribution in [1.29, 1.82) is 0 Å². The molecule has 1 aliphatic heterocycles. The first kappa shape index (κ1) is 7.63. The van der Waals surface area contributed by atoms with Gasteiger partial charge in [0.15, 0.2) is 6.29 Å². The molecule has 0 saturated carbocycles. The highest BCUT2D eigenvalue weighted by atomic mass is 35.5. The second kappa shape index (κ2) is 3.08. The van der Waals surface area contributed by atoms with Gasteiger partial charge in [-0.05, 0) is 12.3 Å². The van der Waals surface area contributed by atoms with E-state index >= 15 is 0 Å². The lowest BCUT2D eigenvalue weighted by Gasteiger charge is -2.13. The van der Waals surface area contributed by atoms with E-state index in [1.54, 1.807) is 12.3 Å². The Morgan fingerprint density at radius 1 is 1.70 bits per heavy atom. The number of hydrogen-bond donors (Lipinski definition) is 1. The van der Waals surface area contributed by atoms with E-state index in [2.05, 4.69) is 5.32 Å². The highest BCUT2D eigenvalue weighted by Gasteiger charge is 2.14. The summed E-state index contributed by atoms with van der Waals surface area (Å²) < 4.78 is 0. The molecule has 4 heteroatoms. The minimum atomic E-state index is -0.491. The average molecular weight is 178 g/mol. The van der Waals surface area contributed by atoms with E-state index in [0.717, 1.165) is 0 Å². The van der Waals surface area contributed by atoms with Crippen molar-refractivity contribution in [1.82, 2.24) is 5.32 Å². The van der Waals surface area contributed by atoms with Crippen LogP contribution in [0.25, 0.3) is 0 Å². The van der Waals surface area contributed by atoms with Crippen LogP contribution in [0.2, 0.25) is 0 Å². The second-order valence-electron chi connectivity index (χ2n) is 1.78. The van der Waals surface area contributed by atoms with Crippen LogP contribution in [0, 0.1) is 0 Å². The van der Waals surface area contributed by atoms with Gasteiger partial charge in [0.2, 0.25) is 0 Å². The number of halogens is 2. The fourth-order valence-corrected chi connectivity index (χ4v) is 1.14. The van der Waals surface area contributed by atoms with Gasteiger partial charge in [-0.1, -0.05) is 23.2 Å². The average Bonchev–Trinajstić information content (AvgIpc) is 1.88. The predicted octanol–water partition coefficient (Wildman–Crippen LogP) is 1.36. The first-order chi connectivity index (χ1) is 4.75. The molecule has 1 atom stereocenters. The molecule has 0 aromatic rings. The van der Waals surface area contributed by atoms with E-state index < -0.39 is 5.50 Å². The van der Waals surface area contributed by atoms with Gasteiger partial charge in [-0.3, -0.25) is 4.79 Å². The molecule has 54 valence electrons. The van der Waals surface area contributed by atoms with Crippen LogP contribution < -0.4 is 5.32 Å². The molecule has 1 rings (SSSR count). The monoisotopic (exact) mass is 177 g/mol. The molecule has 0 amide bonds. The number of carbonyl (C=O) groups excluding carboxylic acids is 1. The molecule has 0 spiro atoms.